The van der Waals surface area contributed by atoms with Crippen molar-refractivity contribution in [3.05, 3.63) is 53.5 Å². The third-order valence-corrected chi connectivity index (χ3v) is 3.00. The normalized spacial score (nSPS) is 10.1. The van der Waals surface area contributed by atoms with E-state index in [0.717, 1.165) is 17.8 Å². The second-order valence-corrected chi connectivity index (χ2v) is 4.59. The lowest BCUT2D eigenvalue weighted by Crippen LogP contribution is -2.16. The van der Waals surface area contributed by atoms with Gasteiger partial charge in [0, 0.05) is 19.3 Å². The first-order valence-corrected chi connectivity index (χ1v) is 6.92. The molecular weight excluding hydrogens is 304 g/mol. The number of rotatable bonds is 7. The lowest BCUT2D eigenvalue weighted by molar-refractivity contribution is 0.0987. The number of para-hydroxylation sites is 1. The molecule has 0 radical (unpaired) electrons. The molecule has 0 aliphatic rings. The highest BCUT2D eigenvalue weighted by molar-refractivity contribution is 6.02. The lowest BCUT2D eigenvalue weighted by atomic mass is 10.1. The van der Waals surface area contributed by atoms with Crippen molar-refractivity contribution < 1.29 is 13.9 Å². The van der Waals surface area contributed by atoms with Gasteiger partial charge in [0.1, 0.15) is 12.4 Å². The highest BCUT2D eigenvalue weighted by Gasteiger charge is 2.13. The summed E-state index contributed by atoms with van der Waals surface area (Å²) in [7, 11) is 1.58. The first kappa shape index (κ1) is 18.2. The predicted molar refractivity (Wildman–Crippen MR) is 88.4 cm³/mol. The van der Waals surface area contributed by atoms with E-state index in [-0.39, 0.29) is 24.1 Å². The van der Waals surface area contributed by atoms with Gasteiger partial charge >= 0.3 is 0 Å². The Labute approximate surface area is 136 Å². The van der Waals surface area contributed by atoms with Crippen molar-refractivity contribution >= 4 is 24.0 Å². The molecule has 1 amide bonds. The Morgan fingerprint density at radius 2 is 2.00 bits per heavy atom. The maximum Gasteiger partial charge on any atom is 0.291 e. The SMILES string of the molecule is CCNCc1ccccc1NC(=O)c1ccc(COC)o1.Cl. The van der Waals surface area contributed by atoms with Crippen LogP contribution in [-0.2, 0) is 17.9 Å². The summed E-state index contributed by atoms with van der Waals surface area (Å²) in [4.78, 5) is 12.2. The molecule has 1 aromatic heterocycles. The zero-order chi connectivity index (χ0) is 15.1. The van der Waals surface area contributed by atoms with Crippen LogP contribution in [0.5, 0.6) is 0 Å². The molecule has 2 rings (SSSR count). The first-order chi connectivity index (χ1) is 10.2. The van der Waals surface area contributed by atoms with E-state index in [1.807, 2.05) is 31.2 Å². The fourth-order valence-electron chi connectivity index (χ4n) is 1.96. The number of anilines is 1. The van der Waals surface area contributed by atoms with E-state index >= 15 is 0 Å². The van der Waals surface area contributed by atoms with Crippen molar-refractivity contribution in [1.29, 1.82) is 0 Å². The molecule has 5 nitrogen and oxygen atoms in total. The van der Waals surface area contributed by atoms with Gasteiger partial charge in [0.2, 0.25) is 0 Å². The summed E-state index contributed by atoms with van der Waals surface area (Å²) in [6.45, 7) is 3.98. The van der Waals surface area contributed by atoms with Gasteiger partial charge < -0.3 is 19.8 Å². The quantitative estimate of drug-likeness (QED) is 0.821. The second-order valence-electron chi connectivity index (χ2n) is 4.59. The van der Waals surface area contributed by atoms with Crippen LogP contribution in [0.4, 0.5) is 5.69 Å². The average molecular weight is 325 g/mol. The molecule has 0 unspecified atom stereocenters. The van der Waals surface area contributed by atoms with Crippen LogP contribution >= 0.6 is 12.4 Å². The van der Waals surface area contributed by atoms with Gasteiger partial charge in [-0.05, 0) is 30.3 Å². The molecule has 6 heteroatoms. The molecule has 2 aromatic rings. The summed E-state index contributed by atoms with van der Waals surface area (Å²) in [6, 6.07) is 11.1. The Morgan fingerprint density at radius 3 is 2.73 bits per heavy atom. The third kappa shape index (κ3) is 4.87. The van der Waals surface area contributed by atoms with Gasteiger partial charge in [-0.2, -0.15) is 0 Å². The van der Waals surface area contributed by atoms with Crippen LogP contribution in [-0.4, -0.2) is 19.6 Å². The summed E-state index contributed by atoms with van der Waals surface area (Å²) < 4.78 is 10.4. The second kappa shape index (κ2) is 9.25. The molecule has 1 heterocycles. The molecule has 0 aliphatic carbocycles. The summed E-state index contributed by atoms with van der Waals surface area (Å²) in [6.07, 6.45) is 0. The van der Waals surface area contributed by atoms with Crippen LogP contribution in [0.3, 0.4) is 0 Å². The maximum atomic E-state index is 12.2. The Balaban J connectivity index is 0.00000242. The minimum atomic E-state index is -0.263. The van der Waals surface area contributed by atoms with Crippen molar-refractivity contribution in [2.75, 3.05) is 19.0 Å². The number of amides is 1. The van der Waals surface area contributed by atoms with E-state index < -0.39 is 0 Å². The fraction of sp³-hybridized carbons (Fsp3) is 0.312. The number of carbonyl (C=O) groups excluding carboxylic acids is 1. The molecule has 1 aromatic carbocycles. The fourth-order valence-corrected chi connectivity index (χ4v) is 1.96. The smallest absolute Gasteiger partial charge is 0.291 e. The highest BCUT2D eigenvalue weighted by Crippen LogP contribution is 2.17. The molecule has 2 N–H and O–H groups in total. The standard InChI is InChI=1S/C16H20N2O3.ClH/c1-3-17-10-12-6-4-5-7-14(12)18-16(19)15-9-8-13(21-15)11-20-2;/h4-9,17H,3,10-11H2,1-2H3,(H,18,19);1H. The lowest BCUT2D eigenvalue weighted by Gasteiger charge is -2.10. The van der Waals surface area contributed by atoms with Gasteiger partial charge in [-0.3, -0.25) is 4.79 Å². The molecule has 22 heavy (non-hydrogen) atoms. The molecule has 0 spiro atoms. The number of hydrogen-bond acceptors (Lipinski definition) is 4. The van der Waals surface area contributed by atoms with Crippen LogP contribution < -0.4 is 10.6 Å². The van der Waals surface area contributed by atoms with E-state index in [1.165, 1.54) is 0 Å². The number of nitrogens with one attached hydrogen (secondary N) is 2. The van der Waals surface area contributed by atoms with E-state index in [4.69, 9.17) is 9.15 Å². The average Bonchev–Trinajstić information content (AvgIpc) is 2.95. The van der Waals surface area contributed by atoms with Gasteiger partial charge in [0.25, 0.3) is 5.91 Å². The molecule has 0 fully saturated rings. The van der Waals surface area contributed by atoms with Crippen molar-refractivity contribution in [3.8, 4) is 0 Å². The molecular formula is C16H21ClN2O3. The van der Waals surface area contributed by atoms with E-state index in [0.29, 0.717) is 18.9 Å². The van der Waals surface area contributed by atoms with Crippen molar-refractivity contribution in [2.45, 2.75) is 20.1 Å². The monoisotopic (exact) mass is 324 g/mol. The largest absolute Gasteiger partial charge is 0.453 e. The maximum absolute atomic E-state index is 12.2. The number of ether oxygens (including phenoxy) is 1. The summed E-state index contributed by atoms with van der Waals surface area (Å²) in [5.41, 5.74) is 1.82. The third-order valence-electron chi connectivity index (χ3n) is 3.00. The van der Waals surface area contributed by atoms with Gasteiger partial charge in [-0.15, -0.1) is 12.4 Å². The number of methoxy groups -OCH3 is 1. The molecule has 0 bridgehead atoms. The predicted octanol–water partition coefficient (Wildman–Crippen LogP) is 3.21. The number of carbonyl (C=O) groups is 1. The van der Waals surface area contributed by atoms with Crippen LogP contribution in [0.15, 0.2) is 40.8 Å². The number of hydrogen-bond donors (Lipinski definition) is 2. The van der Waals surface area contributed by atoms with Gasteiger partial charge in [0.05, 0.1) is 0 Å². The summed E-state index contributed by atoms with van der Waals surface area (Å²) in [5.74, 6) is 0.644. The topological polar surface area (TPSA) is 63.5 Å². The van der Waals surface area contributed by atoms with Crippen molar-refractivity contribution in [2.24, 2.45) is 0 Å². The van der Waals surface area contributed by atoms with Crippen LogP contribution in [0, 0.1) is 0 Å². The van der Waals surface area contributed by atoms with Gasteiger partial charge in [-0.25, -0.2) is 0 Å². The van der Waals surface area contributed by atoms with Crippen molar-refractivity contribution in [1.82, 2.24) is 5.32 Å². The Kier molecular flexibility index (Phi) is 7.66. The minimum absolute atomic E-state index is 0. The Bertz CT molecular complexity index is 599. The summed E-state index contributed by atoms with van der Waals surface area (Å²) >= 11 is 0. The zero-order valence-electron chi connectivity index (χ0n) is 12.7. The number of benzene rings is 1. The van der Waals surface area contributed by atoms with E-state index in [2.05, 4.69) is 10.6 Å². The van der Waals surface area contributed by atoms with E-state index in [1.54, 1.807) is 19.2 Å². The van der Waals surface area contributed by atoms with E-state index in [9.17, 15) is 4.79 Å². The molecule has 0 saturated carbocycles. The van der Waals surface area contributed by atoms with Crippen molar-refractivity contribution in [3.63, 3.8) is 0 Å². The molecule has 0 atom stereocenters. The first-order valence-electron chi connectivity index (χ1n) is 6.92. The minimum Gasteiger partial charge on any atom is -0.453 e. The van der Waals surface area contributed by atoms with Gasteiger partial charge in [0.15, 0.2) is 5.76 Å². The molecule has 0 saturated heterocycles. The zero-order valence-corrected chi connectivity index (χ0v) is 13.5. The van der Waals surface area contributed by atoms with Crippen LogP contribution in [0.1, 0.15) is 28.8 Å². The van der Waals surface area contributed by atoms with Crippen LogP contribution in [0.25, 0.3) is 0 Å². The number of halogens is 1. The van der Waals surface area contributed by atoms with Gasteiger partial charge in [-0.1, -0.05) is 25.1 Å². The number of furan rings is 1. The molecule has 120 valence electrons. The summed E-state index contributed by atoms with van der Waals surface area (Å²) in [5, 5.41) is 6.13. The molecule has 0 aliphatic heterocycles. The Morgan fingerprint density at radius 1 is 1.23 bits per heavy atom. The highest BCUT2D eigenvalue weighted by atomic mass is 35.5. The van der Waals surface area contributed by atoms with Crippen LogP contribution in [0.2, 0.25) is 0 Å². The Hall–Kier alpha value is -1.82.